The van der Waals surface area contributed by atoms with E-state index in [0.29, 0.717) is 32.3 Å². The summed E-state index contributed by atoms with van der Waals surface area (Å²) in [4.78, 5) is 23.1. The molecule has 0 saturated carbocycles. The number of fused-ring (bicyclic) bond motifs is 2. The van der Waals surface area contributed by atoms with Gasteiger partial charge in [-0.25, -0.2) is 0 Å². The van der Waals surface area contributed by atoms with Gasteiger partial charge in [0.1, 0.15) is 0 Å². The Bertz CT molecular complexity index is 842. The molecular formula is C14H9ClN2O2. The lowest BCUT2D eigenvalue weighted by Crippen LogP contribution is -2.15. The molecule has 0 atom stereocenters. The first kappa shape index (κ1) is 11.7. The third-order valence-corrected chi connectivity index (χ3v) is 3.58. The monoisotopic (exact) mass is 272 g/mol. The zero-order valence-corrected chi connectivity index (χ0v) is 10.5. The van der Waals surface area contributed by atoms with E-state index < -0.39 is 11.8 Å². The lowest BCUT2D eigenvalue weighted by atomic mass is 9.91. The van der Waals surface area contributed by atoms with Crippen LogP contribution in [0.3, 0.4) is 0 Å². The topological polar surface area (TPSA) is 86.2 Å². The molecule has 94 valence electrons. The average Bonchev–Trinajstić information content (AvgIpc) is 2.37. The molecule has 5 heteroatoms. The maximum atomic E-state index is 11.5. The Morgan fingerprint density at radius 2 is 1.47 bits per heavy atom. The van der Waals surface area contributed by atoms with Gasteiger partial charge in [-0.15, -0.1) is 0 Å². The van der Waals surface area contributed by atoms with Crippen molar-refractivity contribution < 1.29 is 9.59 Å². The Balaban J connectivity index is 2.63. The summed E-state index contributed by atoms with van der Waals surface area (Å²) >= 11 is 6.13. The van der Waals surface area contributed by atoms with Crippen LogP contribution >= 0.6 is 11.6 Å². The molecule has 2 amide bonds. The number of amides is 2. The average molecular weight is 273 g/mol. The molecule has 4 aromatic carbocycles. The van der Waals surface area contributed by atoms with Crippen LogP contribution < -0.4 is 11.5 Å². The van der Waals surface area contributed by atoms with E-state index in [1.807, 2.05) is 6.07 Å². The summed E-state index contributed by atoms with van der Waals surface area (Å²) in [5, 5.41) is 3.18. The number of carbonyl (C=O) groups excluding carboxylic acids is 2. The van der Waals surface area contributed by atoms with Crippen LogP contribution in [0.15, 0.2) is 30.3 Å². The first-order valence-electron chi connectivity index (χ1n) is 5.57. The maximum absolute atomic E-state index is 11.5. The van der Waals surface area contributed by atoms with Gasteiger partial charge in [-0.2, -0.15) is 0 Å². The van der Waals surface area contributed by atoms with Gasteiger partial charge in [0.25, 0.3) is 0 Å². The number of hydrogen-bond donors (Lipinski definition) is 2. The molecule has 0 fully saturated rings. The minimum atomic E-state index is -0.564. The fraction of sp³-hybridized carbons (Fsp3) is 0. The first-order chi connectivity index (χ1) is 9.00. The normalized spacial score (nSPS) is 11.2. The van der Waals surface area contributed by atoms with Crippen LogP contribution in [0.5, 0.6) is 0 Å². The minimum Gasteiger partial charge on any atom is -0.366 e. The van der Waals surface area contributed by atoms with Crippen LogP contribution in [-0.4, -0.2) is 11.8 Å². The number of rotatable bonds is 2. The smallest absolute Gasteiger partial charge is 0.249 e. The number of hydrogen-bond acceptors (Lipinski definition) is 2. The van der Waals surface area contributed by atoms with Gasteiger partial charge in [0.15, 0.2) is 0 Å². The van der Waals surface area contributed by atoms with Gasteiger partial charge in [-0.1, -0.05) is 23.7 Å². The minimum absolute atomic E-state index is 0.336. The highest BCUT2D eigenvalue weighted by Crippen LogP contribution is 2.37. The van der Waals surface area contributed by atoms with Crippen molar-refractivity contribution in [2.75, 3.05) is 0 Å². The van der Waals surface area contributed by atoms with Crippen molar-refractivity contribution in [2.45, 2.75) is 0 Å². The fourth-order valence-corrected chi connectivity index (χ4v) is 2.74. The molecule has 4 rings (SSSR count). The van der Waals surface area contributed by atoms with Crippen molar-refractivity contribution in [3.63, 3.8) is 0 Å². The molecule has 4 N–H and O–H groups in total. The van der Waals surface area contributed by atoms with E-state index in [-0.39, 0.29) is 0 Å². The van der Waals surface area contributed by atoms with Crippen LogP contribution in [0.25, 0.3) is 21.5 Å². The summed E-state index contributed by atoms with van der Waals surface area (Å²) in [6.45, 7) is 0. The van der Waals surface area contributed by atoms with Crippen LogP contribution in [0.2, 0.25) is 5.02 Å². The Kier molecular flexibility index (Phi) is 2.37. The molecule has 0 heterocycles. The standard InChI is InChI=1S/C14H9ClN2O2/c15-10-5-6-1-2-7(10)12-9(14(17)19)4-3-8(11(6)12)13(16)18/h1-5H,(H2,16,18)(H2,17,19). The Morgan fingerprint density at radius 1 is 0.895 bits per heavy atom. The highest BCUT2D eigenvalue weighted by atomic mass is 35.5. The molecule has 4 nitrogen and oxygen atoms in total. The van der Waals surface area contributed by atoms with Crippen molar-refractivity contribution in [1.82, 2.24) is 0 Å². The first-order valence-corrected chi connectivity index (χ1v) is 5.95. The van der Waals surface area contributed by atoms with E-state index in [1.54, 1.807) is 12.1 Å². The summed E-state index contributed by atoms with van der Waals surface area (Å²) in [5.74, 6) is -1.11. The van der Waals surface area contributed by atoms with Gasteiger partial charge in [0, 0.05) is 32.3 Å². The number of benzene rings is 4. The summed E-state index contributed by atoms with van der Waals surface area (Å²) in [7, 11) is 0. The Morgan fingerprint density at radius 3 is 2.00 bits per heavy atom. The second-order valence-electron chi connectivity index (χ2n) is 4.33. The number of carbonyl (C=O) groups is 2. The van der Waals surface area contributed by atoms with Gasteiger partial charge < -0.3 is 11.5 Å². The second-order valence-corrected chi connectivity index (χ2v) is 4.74. The van der Waals surface area contributed by atoms with Crippen LogP contribution in [0, 0.1) is 0 Å². The predicted octanol–water partition coefficient (Wildman–Crippen LogP) is 2.28. The molecule has 0 aliphatic heterocycles. The number of halogens is 1. The third-order valence-electron chi connectivity index (χ3n) is 3.26. The maximum Gasteiger partial charge on any atom is 0.249 e. The summed E-state index contributed by atoms with van der Waals surface area (Å²) in [6.07, 6.45) is 0. The summed E-state index contributed by atoms with van der Waals surface area (Å²) in [5.41, 5.74) is 11.4. The largest absolute Gasteiger partial charge is 0.366 e. The van der Waals surface area contributed by atoms with Crippen LogP contribution in [-0.2, 0) is 0 Å². The lowest BCUT2D eigenvalue weighted by Gasteiger charge is -2.14. The fourth-order valence-electron chi connectivity index (χ4n) is 2.47. The summed E-state index contributed by atoms with van der Waals surface area (Å²) < 4.78 is 0. The molecule has 0 spiro atoms. The lowest BCUT2D eigenvalue weighted by molar-refractivity contribution is 0.0990. The van der Waals surface area contributed by atoms with E-state index in [4.69, 9.17) is 23.1 Å². The summed E-state index contributed by atoms with van der Waals surface area (Å²) in [6, 6.07) is 8.41. The quantitative estimate of drug-likeness (QED) is 0.750. The van der Waals surface area contributed by atoms with E-state index in [1.165, 1.54) is 12.1 Å². The molecule has 0 aliphatic carbocycles. The zero-order valence-electron chi connectivity index (χ0n) is 9.74. The predicted molar refractivity (Wildman–Crippen MR) is 74.7 cm³/mol. The van der Waals surface area contributed by atoms with Crippen LogP contribution in [0.1, 0.15) is 20.7 Å². The molecular weight excluding hydrogens is 264 g/mol. The third kappa shape index (κ3) is 1.54. The molecule has 4 aromatic rings. The molecule has 2 bridgehead atoms. The van der Waals surface area contributed by atoms with Crippen molar-refractivity contribution in [1.29, 1.82) is 0 Å². The van der Waals surface area contributed by atoms with Crippen LogP contribution in [0.4, 0.5) is 0 Å². The van der Waals surface area contributed by atoms with E-state index >= 15 is 0 Å². The molecule has 0 saturated heterocycles. The highest BCUT2D eigenvalue weighted by Gasteiger charge is 2.18. The Labute approximate surface area is 113 Å². The van der Waals surface area contributed by atoms with Gasteiger partial charge in [0.2, 0.25) is 11.8 Å². The molecule has 19 heavy (non-hydrogen) atoms. The molecule has 0 radical (unpaired) electrons. The van der Waals surface area contributed by atoms with E-state index in [9.17, 15) is 9.59 Å². The van der Waals surface area contributed by atoms with E-state index in [2.05, 4.69) is 0 Å². The Hall–Kier alpha value is -2.33. The van der Waals surface area contributed by atoms with Crippen molar-refractivity contribution in [2.24, 2.45) is 11.5 Å². The zero-order chi connectivity index (χ0) is 13.7. The van der Waals surface area contributed by atoms with Crippen molar-refractivity contribution >= 4 is 45.0 Å². The van der Waals surface area contributed by atoms with Gasteiger partial charge in [0.05, 0.1) is 0 Å². The number of nitrogens with two attached hydrogens (primary N) is 2. The van der Waals surface area contributed by atoms with Gasteiger partial charge >= 0.3 is 0 Å². The molecule has 0 aromatic heterocycles. The highest BCUT2D eigenvalue weighted by molar-refractivity contribution is 6.39. The van der Waals surface area contributed by atoms with Crippen molar-refractivity contribution in [3.05, 3.63) is 46.5 Å². The number of primary amides is 2. The second kappa shape index (κ2) is 3.83. The van der Waals surface area contributed by atoms with Crippen molar-refractivity contribution in [3.8, 4) is 0 Å². The molecule has 0 aliphatic rings. The van der Waals surface area contributed by atoms with E-state index in [0.717, 1.165) is 5.39 Å². The van der Waals surface area contributed by atoms with Gasteiger partial charge in [-0.05, 0) is 23.6 Å². The SMILES string of the molecule is NC(=O)c1ccc(C(N)=O)c2c3ccc(cc3Cl)c12. The molecule has 0 unspecified atom stereocenters. The van der Waals surface area contributed by atoms with Gasteiger partial charge in [-0.3, -0.25) is 9.59 Å².